The van der Waals surface area contributed by atoms with Crippen LogP contribution in [0.5, 0.6) is 0 Å². The lowest BCUT2D eigenvalue weighted by Crippen LogP contribution is -2.35. The highest BCUT2D eigenvalue weighted by atomic mass is 32.2. The number of nitrogens with one attached hydrogen (secondary N) is 1. The molecule has 17 heavy (non-hydrogen) atoms. The lowest BCUT2D eigenvalue weighted by Gasteiger charge is -2.20. The maximum absolute atomic E-state index is 12.4. The van der Waals surface area contributed by atoms with Gasteiger partial charge in [0.2, 0.25) is 0 Å². The van der Waals surface area contributed by atoms with Gasteiger partial charge in [0, 0.05) is 13.1 Å². The highest BCUT2D eigenvalue weighted by Gasteiger charge is 2.36. The Labute approximate surface area is 101 Å². The maximum Gasteiger partial charge on any atom is 0.259 e. The van der Waals surface area contributed by atoms with Gasteiger partial charge in [0.1, 0.15) is 0 Å². The summed E-state index contributed by atoms with van der Waals surface area (Å²) in [5.41, 5.74) is 0. The number of sulfonamides is 1. The van der Waals surface area contributed by atoms with Gasteiger partial charge in [-0.2, -0.15) is 9.40 Å². The van der Waals surface area contributed by atoms with Gasteiger partial charge >= 0.3 is 0 Å². The van der Waals surface area contributed by atoms with Crippen molar-refractivity contribution in [2.75, 3.05) is 13.1 Å². The Hall–Kier alpha value is -0.880. The molecule has 5 nitrogen and oxygen atoms in total. The second kappa shape index (κ2) is 4.10. The minimum absolute atomic E-state index is 0.221. The van der Waals surface area contributed by atoms with Gasteiger partial charge in [-0.25, -0.2) is 8.42 Å². The van der Waals surface area contributed by atoms with Crippen LogP contribution in [0.3, 0.4) is 0 Å². The Bertz CT molecular complexity index is 461. The fourth-order valence-corrected chi connectivity index (χ4v) is 3.47. The lowest BCUT2D eigenvalue weighted by molar-refractivity contribution is 0.380. The Balaban J connectivity index is 1.79. The van der Waals surface area contributed by atoms with Crippen LogP contribution in [0.4, 0.5) is 0 Å². The van der Waals surface area contributed by atoms with E-state index < -0.39 is 10.0 Å². The van der Waals surface area contributed by atoms with Gasteiger partial charge in [-0.1, -0.05) is 0 Å². The van der Waals surface area contributed by atoms with E-state index in [2.05, 4.69) is 10.2 Å². The van der Waals surface area contributed by atoms with Crippen molar-refractivity contribution in [1.29, 1.82) is 0 Å². The summed E-state index contributed by atoms with van der Waals surface area (Å²) in [5.74, 6) is 1.15. The van der Waals surface area contributed by atoms with Gasteiger partial charge in [-0.3, -0.25) is 5.10 Å². The van der Waals surface area contributed by atoms with Crippen molar-refractivity contribution >= 4 is 10.0 Å². The summed E-state index contributed by atoms with van der Waals surface area (Å²) in [6, 6.07) is 1.53. The molecule has 2 aliphatic rings. The second-order valence-corrected chi connectivity index (χ2v) is 7.04. The molecule has 2 aliphatic carbocycles. The molecule has 6 heteroatoms. The second-order valence-electron chi connectivity index (χ2n) is 5.13. The molecule has 0 bridgehead atoms. The van der Waals surface area contributed by atoms with E-state index in [1.807, 2.05) is 0 Å². The summed E-state index contributed by atoms with van der Waals surface area (Å²) in [7, 11) is -3.35. The normalized spacial score (nSPS) is 21.0. The topological polar surface area (TPSA) is 66.1 Å². The largest absolute Gasteiger partial charge is 0.266 e. The highest BCUT2D eigenvalue weighted by Crippen LogP contribution is 2.35. The van der Waals surface area contributed by atoms with Crippen LogP contribution < -0.4 is 0 Å². The zero-order chi connectivity index (χ0) is 11.9. The highest BCUT2D eigenvalue weighted by molar-refractivity contribution is 7.89. The molecule has 1 aromatic rings. The third kappa shape index (κ3) is 2.52. The zero-order valence-electron chi connectivity index (χ0n) is 9.67. The van der Waals surface area contributed by atoms with E-state index >= 15 is 0 Å². The number of rotatable bonds is 6. The van der Waals surface area contributed by atoms with Gasteiger partial charge in [0.25, 0.3) is 10.0 Å². The molecule has 1 aromatic heterocycles. The molecule has 0 aromatic carbocycles. The molecule has 0 spiro atoms. The number of hydrogen-bond acceptors (Lipinski definition) is 3. The Morgan fingerprint density at radius 2 is 1.82 bits per heavy atom. The molecule has 1 N–H and O–H groups in total. The summed E-state index contributed by atoms with van der Waals surface area (Å²) >= 11 is 0. The van der Waals surface area contributed by atoms with Gasteiger partial charge in [-0.15, -0.1) is 0 Å². The van der Waals surface area contributed by atoms with Crippen LogP contribution in [-0.4, -0.2) is 36.0 Å². The van der Waals surface area contributed by atoms with E-state index in [1.54, 1.807) is 4.31 Å². The molecule has 94 valence electrons. The van der Waals surface area contributed by atoms with Crippen molar-refractivity contribution in [3.8, 4) is 0 Å². The first kappa shape index (κ1) is 11.2. The van der Waals surface area contributed by atoms with Crippen LogP contribution in [0.25, 0.3) is 0 Å². The summed E-state index contributed by atoms with van der Waals surface area (Å²) < 4.78 is 26.4. The average molecular weight is 255 g/mol. The zero-order valence-corrected chi connectivity index (χ0v) is 10.5. The summed E-state index contributed by atoms with van der Waals surface area (Å²) in [6.45, 7) is 1.36. The van der Waals surface area contributed by atoms with Crippen molar-refractivity contribution in [3.63, 3.8) is 0 Å². The quantitative estimate of drug-likeness (QED) is 0.831. The van der Waals surface area contributed by atoms with Crippen LogP contribution in [0.2, 0.25) is 0 Å². The summed E-state index contributed by atoms with van der Waals surface area (Å²) in [5, 5.41) is 6.52. The molecule has 2 fully saturated rings. The van der Waals surface area contributed by atoms with Crippen LogP contribution in [0.1, 0.15) is 25.7 Å². The molecule has 0 atom stereocenters. The third-order valence-corrected chi connectivity index (χ3v) is 5.17. The molecule has 0 amide bonds. The fourth-order valence-electron chi connectivity index (χ4n) is 1.97. The van der Waals surface area contributed by atoms with Crippen molar-refractivity contribution in [1.82, 2.24) is 14.5 Å². The lowest BCUT2D eigenvalue weighted by atomic mass is 10.4. The van der Waals surface area contributed by atoms with E-state index in [1.165, 1.54) is 37.9 Å². The van der Waals surface area contributed by atoms with Crippen LogP contribution >= 0.6 is 0 Å². The molecule has 3 rings (SSSR count). The fraction of sp³-hybridized carbons (Fsp3) is 0.727. The van der Waals surface area contributed by atoms with Crippen molar-refractivity contribution in [2.45, 2.75) is 30.7 Å². The number of nitrogens with zero attached hydrogens (tertiary/aromatic N) is 2. The van der Waals surface area contributed by atoms with E-state index in [0.29, 0.717) is 24.9 Å². The minimum Gasteiger partial charge on any atom is -0.266 e. The molecule has 0 aliphatic heterocycles. The summed E-state index contributed by atoms with van der Waals surface area (Å²) in [6.07, 6.45) is 6.15. The first-order chi connectivity index (χ1) is 8.16. The Kier molecular flexibility index (Phi) is 2.71. The van der Waals surface area contributed by atoms with E-state index in [0.717, 1.165) is 0 Å². The molecule has 0 radical (unpaired) electrons. The van der Waals surface area contributed by atoms with Gasteiger partial charge in [-0.05, 0) is 43.6 Å². The standard InChI is InChI=1S/C11H17N3O2S/c15-17(16,11-5-6-12-13-11)14(7-9-1-2-9)8-10-3-4-10/h5-6,9-10H,1-4,7-8H2,(H,12,13). The molecule has 1 heterocycles. The SMILES string of the molecule is O=S(=O)(c1ccn[nH]1)N(CC1CC1)CC1CC1. The van der Waals surface area contributed by atoms with Crippen molar-refractivity contribution in [2.24, 2.45) is 11.8 Å². The molecular weight excluding hydrogens is 238 g/mol. The third-order valence-electron chi connectivity index (χ3n) is 3.41. The van der Waals surface area contributed by atoms with Crippen molar-refractivity contribution in [3.05, 3.63) is 12.3 Å². The number of aromatic nitrogens is 2. The number of hydrogen-bond donors (Lipinski definition) is 1. The van der Waals surface area contributed by atoms with Crippen LogP contribution in [0.15, 0.2) is 17.3 Å². The molecule has 0 unspecified atom stereocenters. The predicted octanol–water partition coefficient (Wildman–Crippen LogP) is 1.22. The van der Waals surface area contributed by atoms with Gasteiger partial charge < -0.3 is 0 Å². The maximum atomic E-state index is 12.4. The molecular formula is C11H17N3O2S. The number of aromatic amines is 1. The van der Waals surface area contributed by atoms with Crippen molar-refractivity contribution < 1.29 is 8.42 Å². The monoisotopic (exact) mass is 255 g/mol. The van der Waals surface area contributed by atoms with E-state index in [9.17, 15) is 8.42 Å². The Morgan fingerprint density at radius 1 is 1.24 bits per heavy atom. The Morgan fingerprint density at radius 3 is 2.24 bits per heavy atom. The predicted molar refractivity (Wildman–Crippen MR) is 62.8 cm³/mol. The van der Waals surface area contributed by atoms with Gasteiger partial charge in [0.15, 0.2) is 5.03 Å². The smallest absolute Gasteiger partial charge is 0.259 e. The van der Waals surface area contributed by atoms with Crippen LogP contribution in [0, 0.1) is 11.8 Å². The van der Waals surface area contributed by atoms with E-state index in [-0.39, 0.29) is 5.03 Å². The van der Waals surface area contributed by atoms with Crippen LogP contribution in [-0.2, 0) is 10.0 Å². The molecule has 2 saturated carbocycles. The van der Waals surface area contributed by atoms with E-state index in [4.69, 9.17) is 0 Å². The first-order valence-electron chi connectivity index (χ1n) is 6.16. The average Bonchev–Trinajstić information content (AvgIpc) is 3.21. The first-order valence-corrected chi connectivity index (χ1v) is 7.60. The molecule has 0 saturated heterocycles. The van der Waals surface area contributed by atoms with Gasteiger partial charge in [0.05, 0.1) is 6.20 Å². The minimum atomic E-state index is -3.35. The number of H-pyrrole nitrogens is 1. The summed E-state index contributed by atoms with van der Waals surface area (Å²) in [4.78, 5) is 0.